The molecule has 5 nitrogen and oxygen atoms in total. The van der Waals surface area contributed by atoms with Crippen LogP contribution >= 0.6 is 11.3 Å². The van der Waals surface area contributed by atoms with Crippen LogP contribution in [-0.4, -0.2) is 34.7 Å². The predicted octanol–water partition coefficient (Wildman–Crippen LogP) is 4.31. The van der Waals surface area contributed by atoms with Crippen molar-refractivity contribution in [2.75, 3.05) is 13.1 Å². The van der Waals surface area contributed by atoms with Crippen LogP contribution in [0.4, 0.5) is 4.79 Å². The summed E-state index contributed by atoms with van der Waals surface area (Å²) in [7, 11) is 0. The highest BCUT2D eigenvalue weighted by Gasteiger charge is 2.24. The number of hydrogen-bond donors (Lipinski definition) is 0. The number of carbonyl (C=O) groups is 1. The van der Waals surface area contributed by atoms with Gasteiger partial charge in [0.2, 0.25) is 0 Å². The number of carbonyl (C=O) groups excluding carboxylic acids is 1. The number of thiazole rings is 1. The first-order valence-corrected chi connectivity index (χ1v) is 8.70. The lowest BCUT2D eigenvalue weighted by Crippen LogP contribution is -2.37. The van der Waals surface area contributed by atoms with Gasteiger partial charge >= 0.3 is 6.09 Å². The van der Waals surface area contributed by atoms with E-state index in [9.17, 15) is 4.79 Å². The van der Waals surface area contributed by atoms with Crippen LogP contribution in [0.5, 0.6) is 5.19 Å². The van der Waals surface area contributed by atoms with Gasteiger partial charge in [-0.2, -0.15) is 0 Å². The van der Waals surface area contributed by atoms with Gasteiger partial charge in [-0.05, 0) is 53.9 Å². The summed E-state index contributed by atoms with van der Waals surface area (Å²) in [4.78, 5) is 19.4. The summed E-state index contributed by atoms with van der Waals surface area (Å²) < 4.78 is 11.4. The van der Waals surface area contributed by atoms with Gasteiger partial charge in [-0.1, -0.05) is 11.3 Å². The van der Waals surface area contributed by atoms with Gasteiger partial charge in [0.05, 0.1) is 17.4 Å². The van der Waals surface area contributed by atoms with E-state index in [1.807, 2.05) is 34.6 Å². The van der Waals surface area contributed by atoms with E-state index in [-0.39, 0.29) is 17.8 Å². The molecular weight excluding hydrogens is 300 g/mol. The number of rotatable bonds is 3. The highest BCUT2D eigenvalue weighted by molar-refractivity contribution is 7.13. The van der Waals surface area contributed by atoms with Crippen molar-refractivity contribution in [2.24, 2.45) is 0 Å². The van der Waals surface area contributed by atoms with Gasteiger partial charge < -0.3 is 14.4 Å². The van der Waals surface area contributed by atoms with Gasteiger partial charge in [0.25, 0.3) is 5.19 Å². The zero-order valence-electron chi connectivity index (χ0n) is 14.1. The lowest BCUT2D eigenvalue weighted by molar-refractivity contribution is -0.0548. The summed E-state index contributed by atoms with van der Waals surface area (Å²) in [6, 6.07) is 0. The molecule has 2 rings (SSSR count). The number of likely N-dealkylation sites (tertiary alicyclic amines) is 1. The van der Waals surface area contributed by atoms with Gasteiger partial charge in [0.15, 0.2) is 0 Å². The number of nitrogens with zero attached hydrogens (tertiary/aromatic N) is 2. The molecule has 0 radical (unpaired) electrons. The Hall–Kier alpha value is -1.14. The van der Waals surface area contributed by atoms with E-state index in [1.165, 1.54) is 17.8 Å². The minimum atomic E-state index is -0.288. The fourth-order valence-corrected chi connectivity index (χ4v) is 3.44. The second-order valence-electron chi connectivity index (χ2n) is 6.71. The molecule has 1 unspecified atom stereocenters. The lowest BCUT2D eigenvalue weighted by atomic mass is 10.1. The van der Waals surface area contributed by atoms with E-state index in [4.69, 9.17) is 9.47 Å². The Morgan fingerprint density at radius 1 is 1.27 bits per heavy atom. The maximum Gasteiger partial charge on any atom is 0.417 e. The molecule has 1 atom stereocenters. The van der Waals surface area contributed by atoms with Crippen molar-refractivity contribution in [1.82, 2.24) is 9.88 Å². The highest BCUT2D eigenvalue weighted by Crippen LogP contribution is 2.32. The Morgan fingerprint density at radius 2 is 1.91 bits per heavy atom. The summed E-state index contributed by atoms with van der Waals surface area (Å²) >= 11 is 1.40. The fraction of sp³-hybridized carbons (Fsp3) is 0.750. The normalized spacial score (nSPS) is 17.4. The number of ether oxygens (including phenoxy) is 2. The Balaban J connectivity index is 2.01. The van der Waals surface area contributed by atoms with E-state index in [1.54, 1.807) is 4.90 Å². The van der Waals surface area contributed by atoms with E-state index < -0.39 is 0 Å². The average Bonchev–Trinajstić information content (AvgIpc) is 2.79. The molecule has 1 aliphatic rings. The number of amides is 1. The molecule has 1 aliphatic heterocycles. The van der Waals surface area contributed by atoms with Crippen molar-refractivity contribution in [3.05, 3.63) is 10.6 Å². The molecule has 1 saturated heterocycles. The molecule has 1 aromatic rings. The van der Waals surface area contributed by atoms with Crippen LogP contribution in [0.1, 0.15) is 63.6 Å². The van der Waals surface area contributed by atoms with Gasteiger partial charge in [-0.3, -0.25) is 0 Å². The molecule has 0 spiro atoms. The van der Waals surface area contributed by atoms with E-state index >= 15 is 0 Å². The third-order valence-electron chi connectivity index (χ3n) is 3.52. The van der Waals surface area contributed by atoms with Crippen LogP contribution in [0.3, 0.4) is 0 Å². The Kier molecular flexibility index (Phi) is 5.45. The highest BCUT2D eigenvalue weighted by atomic mass is 32.1. The summed E-state index contributed by atoms with van der Waals surface area (Å²) in [6.07, 6.45) is 2.87. The fourth-order valence-electron chi connectivity index (χ4n) is 2.61. The number of hydrogen-bond acceptors (Lipinski definition) is 5. The standard InChI is InChI=1S/C16H26N2O3S/c1-11(21-16(3,4)5)13-12(2)22-14(17-13)20-15(19)18-9-7-6-8-10-18/h11H,6-10H2,1-5H3. The molecular formula is C16H26N2O3S. The van der Waals surface area contributed by atoms with Gasteiger partial charge in [-0.15, -0.1) is 0 Å². The molecule has 0 saturated carbocycles. The van der Waals surface area contributed by atoms with Gasteiger partial charge in [-0.25, -0.2) is 9.78 Å². The van der Waals surface area contributed by atoms with Gasteiger partial charge in [0, 0.05) is 18.0 Å². The molecule has 22 heavy (non-hydrogen) atoms. The quantitative estimate of drug-likeness (QED) is 0.830. The Labute approximate surface area is 136 Å². The summed E-state index contributed by atoms with van der Waals surface area (Å²) in [6.45, 7) is 11.6. The zero-order chi connectivity index (χ0) is 16.3. The smallest absolute Gasteiger partial charge is 0.381 e. The molecule has 2 heterocycles. The van der Waals surface area contributed by atoms with E-state index in [0.717, 1.165) is 36.5 Å². The van der Waals surface area contributed by atoms with Crippen LogP contribution in [0.15, 0.2) is 0 Å². The average molecular weight is 326 g/mol. The van der Waals surface area contributed by atoms with Crippen LogP contribution in [-0.2, 0) is 4.74 Å². The van der Waals surface area contributed by atoms with Crippen molar-refractivity contribution in [1.29, 1.82) is 0 Å². The third kappa shape index (κ3) is 4.68. The second kappa shape index (κ2) is 6.96. The number of aryl methyl sites for hydroxylation is 1. The molecule has 1 fully saturated rings. The molecule has 1 amide bonds. The first kappa shape index (κ1) is 17.2. The van der Waals surface area contributed by atoms with Crippen LogP contribution in [0.2, 0.25) is 0 Å². The largest absolute Gasteiger partial charge is 0.417 e. The van der Waals surface area contributed by atoms with E-state index in [2.05, 4.69) is 4.98 Å². The van der Waals surface area contributed by atoms with Crippen molar-refractivity contribution in [2.45, 2.75) is 65.6 Å². The zero-order valence-corrected chi connectivity index (χ0v) is 15.0. The number of piperidine rings is 1. The third-order valence-corrected chi connectivity index (χ3v) is 4.38. The molecule has 0 aromatic carbocycles. The minimum Gasteiger partial charge on any atom is -0.381 e. The molecule has 0 bridgehead atoms. The SMILES string of the molecule is Cc1sc(OC(=O)N2CCCCC2)nc1C(C)OC(C)(C)C. The molecule has 1 aromatic heterocycles. The molecule has 0 N–H and O–H groups in total. The molecule has 0 aliphatic carbocycles. The van der Waals surface area contributed by atoms with Crippen molar-refractivity contribution in [3.8, 4) is 5.19 Å². The summed E-state index contributed by atoms with van der Waals surface area (Å²) in [5.41, 5.74) is 0.612. The Bertz CT molecular complexity index is 516. The van der Waals surface area contributed by atoms with Crippen molar-refractivity contribution < 1.29 is 14.3 Å². The van der Waals surface area contributed by atoms with Crippen molar-refractivity contribution in [3.63, 3.8) is 0 Å². The predicted molar refractivity (Wildman–Crippen MR) is 87.6 cm³/mol. The first-order chi connectivity index (χ1) is 10.3. The minimum absolute atomic E-state index is 0.126. The topological polar surface area (TPSA) is 51.7 Å². The second-order valence-corrected chi connectivity index (χ2v) is 7.88. The summed E-state index contributed by atoms with van der Waals surface area (Å²) in [5, 5.41) is 0.410. The van der Waals surface area contributed by atoms with E-state index in [0.29, 0.717) is 5.19 Å². The first-order valence-electron chi connectivity index (χ1n) is 7.88. The van der Waals surface area contributed by atoms with Crippen molar-refractivity contribution >= 4 is 17.4 Å². The van der Waals surface area contributed by atoms with Crippen LogP contribution in [0.25, 0.3) is 0 Å². The molecule has 124 valence electrons. The summed E-state index contributed by atoms with van der Waals surface area (Å²) in [5.74, 6) is 0. The number of aromatic nitrogens is 1. The maximum atomic E-state index is 12.1. The lowest BCUT2D eigenvalue weighted by Gasteiger charge is -2.25. The maximum absolute atomic E-state index is 12.1. The van der Waals surface area contributed by atoms with Crippen LogP contribution < -0.4 is 4.74 Å². The monoisotopic (exact) mass is 326 g/mol. The Morgan fingerprint density at radius 3 is 2.50 bits per heavy atom. The van der Waals surface area contributed by atoms with Gasteiger partial charge in [0.1, 0.15) is 0 Å². The molecule has 6 heteroatoms. The van der Waals surface area contributed by atoms with Crippen LogP contribution in [0, 0.1) is 6.92 Å².